The van der Waals surface area contributed by atoms with Gasteiger partial charge in [-0.15, -0.1) is 0 Å². The van der Waals surface area contributed by atoms with Gasteiger partial charge in [0.15, 0.2) is 0 Å². The van der Waals surface area contributed by atoms with Crippen molar-refractivity contribution in [1.29, 1.82) is 5.26 Å². The van der Waals surface area contributed by atoms with Crippen LogP contribution in [0, 0.1) is 30.1 Å². The molecule has 0 saturated heterocycles. The molecule has 0 bridgehead atoms. The van der Waals surface area contributed by atoms with E-state index in [1.54, 1.807) is 24.3 Å². The molecule has 27 heavy (non-hydrogen) atoms. The number of nitrogens with zero attached hydrogens (tertiary/aromatic N) is 1. The molecule has 0 aliphatic heterocycles. The first-order valence-electron chi connectivity index (χ1n) is 9.12. The molecule has 2 amide bonds. The first-order valence-corrected chi connectivity index (χ1v) is 9.12. The van der Waals surface area contributed by atoms with Crippen LogP contribution in [0.25, 0.3) is 0 Å². The van der Waals surface area contributed by atoms with Gasteiger partial charge in [0.25, 0.3) is 0 Å². The molecule has 1 aliphatic carbocycles. The van der Waals surface area contributed by atoms with E-state index in [2.05, 4.69) is 24.5 Å². The molecule has 0 heterocycles. The summed E-state index contributed by atoms with van der Waals surface area (Å²) in [5.74, 6) is -0.645. The van der Waals surface area contributed by atoms with Crippen LogP contribution in [0.1, 0.15) is 42.9 Å². The zero-order valence-electron chi connectivity index (χ0n) is 15.7. The maximum atomic E-state index is 12.6. The first kappa shape index (κ1) is 18.7. The summed E-state index contributed by atoms with van der Waals surface area (Å²) in [6, 6.07) is 14.8. The molecule has 1 fully saturated rings. The Kier molecular flexibility index (Phi) is 5.27. The molecular weight excluding hydrogens is 338 g/mol. The highest BCUT2D eigenvalue weighted by Gasteiger charge is 2.48. The molecule has 2 N–H and O–H groups in total. The van der Waals surface area contributed by atoms with Crippen molar-refractivity contribution in [2.75, 3.05) is 10.6 Å². The van der Waals surface area contributed by atoms with Gasteiger partial charge < -0.3 is 10.6 Å². The number of aryl methyl sites for hydroxylation is 1. The molecular formula is C22H23N3O2. The van der Waals surface area contributed by atoms with Gasteiger partial charge in [0.2, 0.25) is 11.8 Å². The Balaban J connectivity index is 1.64. The van der Waals surface area contributed by atoms with Gasteiger partial charge in [0, 0.05) is 11.4 Å². The van der Waals surface area contributed by atoms with Crippen molar-refractivity contribution in [3.8, 4) is 6.07 Å². The van der Waals surface area contributed by atoms with Crippen molar-refractivity contribution in [3.05, 3.63) is 59.2 Å². The minimum Gasteiger partial charge on any atom is -0.326 e. The van der Waals surface area contributed by atoms with Gasteiger partial charge >= 0.3 is 0 Å². The van der Waals surface area contributed by atoms with Crippen molar-refractivity contribution in [2.45, 2.75) is 33.1 Å². The Hall–Kier alpha value is -3.13. The molecule has 1 aliphatic rings. The summed E-state index contributed by atoms with van der Waals surface area (Å²) in [6.45, 7) is 6.15. The van der Waals surface area contributed by atoms with Crippen molar-refractivity contribution in [2.24, 2.45) is 11.8 Å². The molecule has 0 spiro atoms. The van der Waals surface area contributed by atoms with Gasteiger partial charge in [-0.1, -0.05) is 38.1 Å². The van der Waals surface area contributed by atoms with Gasteiger partial charge in [-0.2, -0.15) is 5.26 Å². The zero-order valence-corrected chi connectivity index (χ0v) is 15.7. The number of benzene rings is 2. The third kappa shape index (κ3) is 4.17. The molecule has 2 aromatic carbocycles. The van der Waals surface area contributed by atoms with E-state index in [1.165, 1.54) is 0 Å². The maximum absolute atomic E-state index is 12.6. The highest BCUT2D eigenvalue weighted by Crippen LogP contribution is 2.41. The molecule has 5 nitrogen and oxygen atoms in total. The van der Waals surface area contributed by atoms with Crippen molar-refractivity contribution in [1.82, 2.24) is 0 Å². The summed E-state index contributed by atoms with van der Waals surface area (Å²) in [6.07, 6.45) is 0.540. The number of hydrogen-bond donors (Lipinski definition) is 2. The van der Waals surface area contributed by atoms with Crippen LogP contribution in [0.3, 0.4) is 0 Å². The number of rotatable bonds is 5. The topological polar surface area (TPSA) is 82.0 Å². The predicted molar refractivity (Wildman–Crippen MR) is 105 cm³/mol. The number of carbonyl (C=O) groups excluding carboxylic acids is 2. The summed E-state index contributed by atoms with van der Waals surface area (Å²) in [7, 11) is 0. The fourth-order valence-electron chi connectivity index (χ4n) is 3.23. The van der Waals surface area contributed by atoms with E-state index in [0.29, 0.717) is 23.6 Å². The molecule has 2 unspecified atom stereocenters. The fourth-order valence-corrected chi connectivity index (χ4v) is 3.23. The molecule has 2 aromatic rings. The van der Waals surface area contributed by atoms with Gasteiger partial charge in [-0.05, 0) is 48.6 Å². The monoisotopic (exact) mass is 361 g/mol. The van der Waals surface area contributed by atoms with Crippen molar-refractivity contribution >= 4 is 23.2 Å². The maximum Gasteiger partial charge on any atom is 0.228 e. The van der Waals surface area contributed by atoms with Crippen LogP contribution < -0.4 is 10.6 Å². The Morgan fingerprint density at radius 3 is 2.41 bits per heavy atom. The number of nitrogens with one attached hydrogen (secondary N) is 2. The summed E-state index contributed by atoms with van der Waals surface area (Å²) in [5.41, 5.74) is 4.03. The Labute approximate surface area is 159 Å². The Morgan fingerprint density at radius 1 is 1.07 bits per heavy atom. The lowest BCUT2D eigenvalue weighted by Gasteiger charge is -2.16. The predicted octanol–water partition coefficient (Wildman–Crippen LogP) is 4.20. The Morgan fingerprint density at radius 2 is 1.74 bits per heavy atom. The lowest BCUT2D eigenvalue weighted by molar-refractivity contribution is -0.122. The van der Waals surface area contributed by atoms with E-state index in [-0.39, 0.29) is 23.7 Å². The van der Waals surface area contributed by atoms with Gasteiger partial charge in [-0.3, -0.25) is 9.59 Å². The highest BCUT2D eigenvalue weighted by molar-refractivity contribution is 6.03. The lowest BCUT2D eigenvalue weighted by atomic mass is 9.98. The first-order chi connectivity index (χ1) is 12.9. The van der Waals surface area contributed by atoms with Crippen molar-refractivity contribution in [3.63, 3.8) is 0 Å². The van der Waals surface area contributed by atoms with Gasteiger partial charge in [-0.25, -0.2) is 0 Å². The number of amides is 2. The van der Waals surface area contributed by atoms with Crippen LogP contribution in [0.2, 0.25) is 0 Å². The van der Waals surface area contributed by atoms with Gasteiger partial charge in [0.05, 0.1) is 23.5 Å². The minimum absolute atomic E-state index is 0.114. The number of carbonyl (C=O) groups is 2. The van der Waals surface area contributed by atoms with E-state index < -0.39 is 0 Å². The van der Waals surface area contributed by atoms with E-state index in [4.69, 9.17) is 5.26 Å². The number of para-hydroxylation sites is 1. The summed E-state index contributed by atoms with van der Waals surface area (Å²) >= 11 is 0. The van der Waals surface area contributed by atoms with Crippen LogP contribution in [-0.2, 0) is 9.59 Å². The van der Waals surface area contributed by atoms with Crippen LogP contribution in [0.5, 0.6) is 0 Å². The second-order valence-electron chi connectivity index (χ2n) is 7.31. The van der Waals surface area contributed by atoms with Crippen LogP contribution in [0.4, 0.5) is 11.4 Å². The quantitative estimate of drug-likeness (QED) is 0.837. The van der Waals surface area contributed by atoms with Crippen LogP contribution >= 0.6 is 0 Å². The average Bonchev–Trinajstić information content (AvgIpc) is 3.44. The normalized spacial score (nSPS) is 17.9. The SMILES string of the molecule is Cc1cccc(C(C)C)c1NC(=O)C1CC1C(=O)Nc1cccc(C#N)c1. The average molecular weight is 361 g/mol. The molecule has 5 heteroatoms. The third-order valence-corrected chi connectivity index (χ3v) is 4.90. The summed E-state index contributed by atoms with van der Waals surface area (Å²) in [4.78, 5) is 25.0. The smallest absolute Gasteiger partial charge is 0.228 e. The summed E-state index contributed by atoms with van der Waals surface area (Å²) in [5, 5.41) is 14.8. The molecule has 1 saturated carbocycles. The minimum atomic E-state index is -0.331. The number of hydrogen-bond acceptors (Lipinski definition) is 3. The second-order valence-corrected chi connectivity index (χ2v) is 7.31. The molecule has 2 atom stereocenters. The Bertz CT molecular complexity index is 927. The largest absolute Gasteiger partial charge is 0.326 e. The van der Waals surface area contributed by atoms with Crippen LogP contribution in [0.15, 0.2) is 42.5 Å². The molecule has 0 radical (unpaired) electrons. The second kappa shape index (κ2) is 7.63. The molecule has 138 valence electrons. The standard InChI is InChI=1S/C22H23N3O2/c1-13(2)17-9-4-6-14(3)20(17)25-22(27)19-11-18(19)21(26)24-16-8-5-7-15(10-16)12-23/h4-10,13,18-19H,11H2,1-3H3,(H,24,26)(H,25,27). The van der Waals surface area contributed by atoms with E-state index in [0.717, 1.165) is 16.8 Å². The summed E-state index contributed by atoms with van der Waals surface area (Å²) < 4.78 is 0. The lowest BCUT2D eigenvalue weighted by Crippen LogP contribution is -2.21. The van der Waals surface area contributed by atoms with E-state index >= 15 is 0 Å². The molecule has 3 rings (SSSR count). The fraction of sp³-hybridized carbons (Fsp3) is 0.318. The zero-order chi connectivity index (χ0) is 19.6. The highest BCUT2D eigenvalue weighted by atomic mass is 16.2. The van der Waals surface area contributed by atoms with Gasteiger partial charge in [0.1, 0.15) is 0 Å². The van der Waals surface area contributed by atoms with Crippen molar-refractivity contribution < 1.29 is 9.59 Å². The number of nitriles is 1. The molecule has 0 aromatic heterocycles. The third-order valence-electron chi connectivity index (χ3n) is 4.90. The van der Waals surface area contributed by atoms with E-state index in [9.17, 15) is 9.59 Å². The van der Waals surface area contributed by atoms with Crippen LogP contribution in [-0.4, -0.2) is 11.8 Å². The van der Waals surface area contributed by atoms with E-state index in [1.807, 2.05) is 31.2 Å². The number of anilines is 2.